The Balaban J connectivity index is 2.19. The predicted molar refractivity (Wildman–Crippen MR) is 73.5 cm³/mol. The summed E-state index contributed by atoms with van der Waals surface area (Å²) in [5.41, 5.74) is 0.900. The molecule has 19 heavy (non-hydrogen) atoms. The summed E-state index contributed by atoms with van der Waals surface area (Å²) in [5, 5.41) is 12.7. The largest absolute Gasteiger partial charge is 0.497 e. The molecule has 0 amide bonds. The molecule has 1 unspecified atom stereocenters. The summed E-state index contributed by atoms with van der Waals surface area (Å²) >= 11 is 5.72. The molecule has 0 fully saturated rings. The van der Waals surface area contributed by atoms with Gasteiger partial charge >= 0.3 is 0 Å². The van der Waals surface area contributed by atoms with Crippen molar-refractivity contribution in [2.45, 2.75) is 6.04 Å². The highest BCUT2D eigenvalue weighted by atomic mass is 35.5. The SMILES string of the molecule is COc1cccc(C(CO)Nc2ccnc(Cl)n2)c1. The van der Waals surface area contributed by atoms with Crippen LogP contribution in [0.3, 0.4) is 0 Å². The van der Waals surface area contributed by atoms with Crippen molar-refractivity contribution < 1.29 is 9.84 Å². The van der Waals surface area contributed by atoms with Crippen LogP contribution in [-0.2, 0) is 0 Å². The molecule has 0 aliphatic heterocycles. The Morgan fingerprint density at radius 1 is 1.42 bits per heavy atom. The number of methoxy groups -OCH3 is 1. The molecule has 0 radical (unpaired) electrons. The molecule has 0 aliphatic carbocycles. The number of halogens is 1. The van der Waals surface area contributed by atoms with Gasteiger partial charge in [-0.05, 0) is 35.4 Å². The average Bonchev–Trinajstić information content (AvgIpc) is 2.45. The van der Waals surface area contributed by atoms with Crippen molar-refractivity contribution in [2.24, 2.45) is 0 Å². The van der Waals surface area contributed by atoms with Gasteiger partial charge < -0.3 is 15.2 Å². The summed E-state index contributed by atoms with van der Waals surface area (Å²) < 4.78 is 5.16. The van der Waals surface area contributed by atoms with Crippen LogP contribution in [0.4, 0.5) is 5.82 Å². The van der Waals surface area contributed by atoms with Gasteiger partial charge in [0, 0.05) is 6.20 Å². The maximum atomic E-state index is 9.49. The predicted octanol–water partition coefficient (Wildman–Crippen LogP) is 2.28. The number of anilines is 1. The third-order valence-corrected chi connectivity index (χ3v) is 2.81. The van der Waals surface area contributed by atoms with Crippen molar-refractivity contribution in [1.82, 2.24) is 9.97 Å². The monoisotopic (exact) mass is 279 g/mol. The van der Waals surface area contributed by atoms with Gasteiger partial charge in [-0.25, -0.2) is 9.97 Å². The van der Waals surface area contributed by atoms with Crippen molar-refractivity contribution >= 4 is 17.4 Å². The number of nitrogens with zero attached hydrogens (tertiary/aromatic N) is 2. The smallest absolute Gasteiger partial charge is 0.224 e. The molecule has 1 atom stereocenters. The van der Waals surface area contributed by atoms with E-state index < -0.39 is 0 Å². The lowest BCUT2D eigenvalue weighted by atomic mass is 10.1. The number of aliphatic hydroxyl groups is 1. The van der Waals surface area contributed by atoms with Crippen molar-refractivity contribution in [2.75, 3.05) is 19.0 Å². The number of benzene rings is 1. The molecule has 1 aromatic heterocycles. The van der Waals surface area contributed by atoms with E-state index in [9.17, 15) is 5.11 Å². The fourth-order valence-electron chi connectivity index (χ4n) is 1.69. The van der Waals surface area contributed by atoms with E-state index in [1.165, 1.54) is 0 Å². The highest BCUT2D eigenvalue weighted by Gasteiger charge is 2.12. The van der Waals surface area contributed by atoms with Crippen LogP contribution in [0.15, 0.2) is 36.5 Å². The quantitative estimate of drug-likeness (QED) is 0.822. The molecule has 100 valence electrons. The maximum Gasteiger partial charge on any atom is 0.224 e. The number of hydrogen-bond donors (Lipinski definition) is 2. The number of hydrogen-bond acceptors (Lipinski definition) is 5. The van der Waals surface area contributed by atoms with E-state index in [0.29, 0.717) is 5.82 Å². The third-order valence-electron chi connectivity index (χ3n) is 2.63. The zero-order chi connectivity index (χ0) is 13.7. The van der Waals surface area contributed by atoms with Gasteiger partial charge in [0.1, 0.15) is 11.6 Å². The Kier molecular flexibility index (Phi) is 4.54. The van der Waals surface area contributed by atoms with Gasteiger partial charge in [0.25, 0.3) is 0 Å². The Morgan fingerprint density at radius 2 is 2.26 bits per heavy atom. The molecule has 0 aliphatic rings. The summed E-state index contributed by atoms with van der Waals surface area (Å²) in [7, 11) is 1.60. The number of aliphatic hydroxyl groups excluding tert-OH is 1. The summed E-state index contributed by atoms with van der Waals surface area (Å²) in [6, 6.07) is 8.87. The number of aromatic nitrogens is 2. The van der Waals surface area contributed by atoms with Crippen LogP contribution in [0, 0.1) is 0 Å². The molecule has 0 spiro atoms. The highest BCUT2D eigenvalue weighted by Crippen LogP contribution is 2.22. The molecule has 2 rings (SSSR count). The zero-order valence-corrected chi connectivity index (χ0v) is 11.1. The van der Waals surface area contributed by atoms with E-state index in [2.05, 4.69) is 15.3 Å². The molecule has 2 aromatic rings. The number of nitrogens with one attached hydrogen (secondary N) is 1. The minimum Gasteiger partial charge on any atom is -0.497 e. The Hall–Kier alpha value is -1.85. The topological polar surface area (TPSA) is 67.3 Å². The van der Waals surface area contributed by atoms with Crippen LogP contribution >= 0.6 is 11.6 Å². The van der Waals surface area contributed by atoms with E-state index in [-0.39, 0.29) is 17.9 Å². The second-order valence-electron chi connectivity index (χ2n) is 3.87. The molecule has 0 saturated heterocycles. The Morgan fingerprint density at radius 3 is 2.95 bits per heavy atom. The second-order valence-corrected chi connectivity index (χ2v) is 4.21. The van der Waals surface area contributed by atoms with Gasteiger partial charge in [-0.15, -0.1) is 0 Å². The van der Waals surface area contributed by atoms with Crippen molar-refractivity contribution in [3.63, 3.8) is 0 Å². The van der Waals surface area contributed by atoms with Crippen LogP contribution < -0.4 is 10.1 Å². The van der Waals surface area contributed by atoms with Crippen LogP contribution in [0.1, 0.15) is 11.6 Å². The van der Waals surface area contributed by atoms with Gasteiger partial charge in [0.2, 0.25) is 5.28 Å². The Labute approximate surface area is 116 Å². The van der Waals surface area contributed by atoms with Gasteiger partial charge in [0.05, 0.1) is 19.8 Å². The standard InChI is InChI=1S/C13H14ClN3O2/c1-19-10-4-2-3-9(7-10)11(8-18)16-12-5-6-15-13(14)17-12/h2-7,11,18H,8H2,1H3,(H,15,16,17). The Bertz CT molecular complexity index is 551. The summed E-state index contributed by atoms with van der Waals surface area (Å²) in [6.45, 7) is -0.0746. The van der Waals surface area contributed by atoms with Crippen molar-refractivity contribution in [3.8, 4) is 5.75 Å². The summed E-state index contributed by atoms with van der Waals surface area (Å²) in [4.78, 5) is 7.83. The van der Waals surface area contributed by atoms with Crippen molar-refractivity contribution in [1.29, 1.82) is 0 Å². The van der Waals surface area contributed by atoms with Gasteiger partial charge in [0.15, 0.2) is 0 Å². The lowest BCUT2D eigenvalue weighted by molar-refractivity contribution is 0.276. The third kappa shape index (κ3) is 3.56. The first-order valence-electron chi connectivity index (χ1n) is 5.73. The minimum atomic E-state index is -0.291. The molecular formula is C13H14ClN3O2. The molecule has 2 N–H and O–H groups in total. The molecule has 0 bridgehead atoms. The summed E-state index contributed by atoms with van der Waals surface area (Å²) in [6.07, 6.45) is 1.55. The lowest BCUT2D eigenvalue weighted by Crippen LogP contribution is -2.15. The minimum absolute atomic E-state index is 0.0746. The van der Waals surface area contributed by atoms with Crippen molar-refractivity contribution in [3.05, 3.63) is 47.4 Å². The van der Waals surface area contributed by atoms with Gasteiger partial charge in [-0.1, -0.05) is 12.1 Å². The van der Waals surface area contributed by atoms with Crippen LogP contribution in [0.2, 0.25) is 5.28 Å². The molecule has 1 aromatic carbocycles. The molecule has 5 nitrogen and oxygen atoms in total. The lowest BCUT2D eigenvalue weighted by Gasteiger charge is -2.17. The second kappa shape index (κ2) is 6.36. The normalized spacial score (nSPS) is 11.9. The van der Waals surface area contributed by atoms with E-state index in [4.69, 9.17) is 16.3 Å². The number of ether oxygens (including phenoxy) is 1. The fraction of sp³-hybridized carbons (Fsp3) is 0.231. The van der Waals surface area contributed by atoms with Gasteiger partial charge in [-0.2, -0.15) is 0 Å². The van der Waals surface area contributed by atoms with E-state index in [1.54, 1.807) is 19.4 Å². The first kappa shape index (κ1) is 13.6. The fourth-order valence-corrected chi connectivity index (χ4v) is 1.83. The number of rotatable bonds is 5. The summed E-state index contributed by atoms with van der Waals surface area (Å²) in [5.74, 6) is 1.29. The molecule has 6 heteroatoms. The van der Waals surface area contributed by atoms with Crippen LogP contribution in [0.5, 0.6) is 5.75 Å². The first-order chi connectivity index (χ1) is 9.22. The zero-order valence-electron chi connectivity index (χ0n) is 10.4. The molecular weight excluding hydrogens is 266 g/mol. The van der Waals surface area contributed by atoms with E-state index >= 15 is 0 Å². The molecule has 0 saturated carbocycles. The van der Waals surface area contributed by atoms with E-state index in [1.807, 2.05) is 24.3 Å². The highest BCUT2D eigenvalue weighted by molar-refractivity contribution is 6.28. The maximum absolute atomic E-state index is 9.49. The van der Waals surface area contributed by atoms with Gasteiger partial charge in [-0.3, -0.25) is 0 Å². The van der Waals surface area contributed by atoms with E-state index in [0.717, 1.165) is 11.3 Å². The first-order valence-corrected chi connectivity index (χ1v) is 6.10. The van der Waals surface area contributed by atoms with Crippen LogP contribution in [0.25, 0.3) is 0 Å². The van der Waals surface area contributed by atoms with Crippen LogP contribution in [-0.4, -0.2) is 28.8 Å². The molecule has 1 heterocycles. The average molecular weight is 280 g/mol.